The van der Waals surface area contributed by atoms with E-state index in [4.69, 9.17) is 0 Å². The molecule has 1 fully saturated rings. The number of thioether (sulfide) groups is 1. The minimum Gasteiger partial charge on any atom is -0.362 e. The van der Waals surface area contributed by atoms with Crippen molar-refractivity contribution in [1.29, 1.82) is 0 Å². The van der Waals surface area contributed by atoms with Gasteiger partial charge in [0, 0.05) is 25.0 Å². The highest BCUT2D eigenvalue weighted by atomic mass is 32.2. The van der Waals surface area contributed by atoms with Crippen LogP contribution in [0.25, 0.3) is 6.08 Å². The Morgan fingerprint density at radius 3 is 2.81 bits per heavy atom. The Kier molecular flexibility index (Phi) is 6.11. The predicted octanol–water partition coefficient (Wildman–Crippen LogP) is 3.89. The first-order chi connectivity index (χ1) is 10.3. The fraction of sp³-hybridized carbons (Fsp3) is 0.500. The number of amidine groups is 1. The number of nitrogens with zero attached hydrogens (tertiary/aromatic N) is 2. The molecule has 0 aliphatic carbocycles. The molecule has 1 N–H and O–H groups in total. The summed E-state index contributed by atoms with van der Waals surface area (Å²) in [7, 11) is 0. The lowest BCUT2D eigenvalue weighted by molar-refractivity contribution is -0.122. The van der Waals surface area contributed by atoms with Crippen LogP contribution in [-0.4, -0.2) is 34.0 Å². The lowest BCUT2D eigenvalue weighted by atomic mass is 10.3. The van der Waals surface area contributed by atoms with Gasteiger partial charge in [-0.25, -0.2) is 0 Å². The third kappa shape index (κ3) is 4.24. The van der Waals surface area contributed by atoms with Gasteiger partial charge < -0.3 is 4.98 Å². The highest BCUT2D eigenvalue weighted by Crippen LogP contribution is 2.32. The summed E-state index contributed by atoms with van der Waals surface area (Å²) < 4.78 is 0. The van der Waals surface area contributed by atoms with Crippen molar-refractivity contribution in [1.82, 2.24) is 9.88 Å². The van der Waals surface area contributed by atoms with Crippen LogP contribution >= 0.6 is 11.8 Å². The average molecular weight is 305 g/mol. The number of aliphatic imine (C=N–C) groups is 1. The van der Waals surface area contributed by atoms with Crippen LogP contribution in [0.3, 0.4) is 0 Å². The summed E-state index contributed by atoms with van der Waals surface area (Å²) in [6.45, 7) is 5.84. The van der Waals surface area contributed by atoms with Crippen molar-refractivity contribution in [2.45, 2.75) is 39.5 Å². The summed E-state index contributed by atoms with van der Waals surface area (Å²) in [6.07, 6.45) is 8.04. The van der Waals surface area contributed by atoms with E-state index < -0.39 is 0 Å². The Balaban J connectivity index is 2.15. The second-order valence-electron chi connectivity index (χ2n) is 5.06. The van der Waals surface area contributed by atoms with Crippen molar-refractivity contribution in [2.24, 2.45) is 4.99 Å². The van der Waals surface area contributed by atoms with Crippen LogP contribution in [0.4, 0.5) is 0 Å². The molecule has 0 atom stereocenters. The van der Waals surface area contributed by atoms with E-state index in [1.807, 2.05) is 29.3 Å². The quantitative estimate of drug-likeness (QED) is 0.614. The third-order valence-electron chi connectivity index (χ3n) is 3.29. The second kappa shape index (κ2) is 8.08. The van der Waals surface area contributed by atoms with Crippen LogP contribution in [0.2, 0.25) is 0 Å². The number of rotatable bonds is 7. The van der Waals surface area contributed by atoms with Crippen LogP contribution in [0.1, 0.15) is 45.2 Å². The summed E-state index contributed by atoms with van der Waals surface area (Å²) in [5.41, 5.74) is 0.955. The fourth-order valence-corrected chi connectivity index (χ4v) is 3.07. The van der Waals surface area contributed by atoms with Gasteiger partial charge in [-0.3, -0.25) is 14.7 Å². The smallest absolute Gasteiger partial charge is 0.266 e. The maximum Gasteiger partial charge on any atom is 0.266 e. The summed E-state index contributed by atoms with van der Waals surface area (Å²) in [5.74, 6) is 0.0818. The van der Waals surface area contributed by atoms with Gasteiger partial charge in [-0.2, -0.15) is 0 Å². The van der Waals surface area contributed by atoms with Crippen LogP contribution in [0.5, 0.6) is 0 Å². The first-order valence-electron chi connectivity index (χ1n) is 7.65. The number of amides is 1. The Hall–Kier alpha value is -1.49. The van der Waals surface area contributed by atoms with Crippen molar-refractivity contribution >= 4 is 28.9 Å². The monoisotopic (exact) mass is 305 g/mol. The van der Waals surface area contributed by atoms with Gasteiger partial charge in [0.15, 0.2) is 5.17 Å². The van der Waals surface area contributed by atoms with E-state index in [1.165, 1.54) is 11.8 Å². The van der Waals surface area contributed by atoms with E-state index in [-0.39, 0.29) is 5.91 Å². The molecule has 0 saturated carbocycles. The summed E-state index contributed by atoms with van der Waals surface area (Å²) in [6, 6.07) is 3.89. The second-order valence-corrected chi connectivity index (χ2v) is 6.07. The number of H-pyrrole nitrogens is 1. The largest absolute Gasteiger partial charge is 0.362 e. The maximum atomic E-state index is 12.5. The Labute approximate surface area is 130 Å². The van der Waals surface area contributed by atoms with Crippen LogP contribution < -0.4 is 0 Å². The maximum absolute atomic E-state index is 12.5. The Morgan fingerprint density at radius 1 is 1.33 bits per heavy atom. The number of nitrogens with one attached hydrogen (secondary N) is 1. The number of aromatic amines is 1. The molecule has 1 saturated heterocycles. The van der Waals surface area contributed by atoms with Gasteiger partial charge in [-0.15, -0.1) is 0 Å². The molecule has 114 valence electrons. The zero-order chi connectivity index (χ0) is 15.1. The van der Waals surface area contributed by atoms with Gasteiger partial charge in [-0.05, 0) is 42.8 Å². The van der Waals surface area contributed by atoms with E-state index in [0.29, 0.717) is 0 Å². The molecule has 4 nitrogen and oxygen atoms in total. The minimum absolute atomic E-state index is 0.0818. The number of hydrogen-bond acceptors (Lipinski definition) is 3. The number of unbranched alkanes of at least 4 members (excludes halogenated alkanes) is 2. The highest BCUT2D eigenvalue weighted by Gasteiger charge is 2.32. The molecule has 0 spiro atoms. The van der Waals surface area contributed by atoms with Crippen molar-refractivity contribution in [2.75, 3.05) is 13.1 Å². The van der Waals surface area contributed by atoms with Crippen molar-refractivity contribution in [3.05, 3.63) is 28.9 Å². The van der Waals surface area contributed by atoms with Gasteiger partial charge in [-0.1, -0.05) is 26.7 Å². The first-order valence-corrected chi connectivity index (χ1v) is 8.47. The molecule has 0 unspecified atom stereocenters. The zero-order valence-corrected chi connectivity index (χ0v) is 13.6. The van der Waals surface area contributed by atoms with E-state index in [2.05, 4.69) is 23.8 Å². The van der Waals surface area contributed by atoms with Crippen LogP contribution in [-0.2, 0) is 4.79 Å². The Bertz CT molecular complexity index is 520. The summed E-state index contributed by atoms with van der Waals surface area (Å²) >= 11 is 1.49. The van der Waals surface area contributed by atoms with Gasteiger partial charge in [0.1, 0.15) is 0 Å². The van der Waals surface area contributed by atoms with Crippen LogP contribution in [0.15, 0.2) is 28.2 Å². The molecular formula is C16H23N3OS. The molecule has 0 aromatic carbocycles. The summed E-state index contributed by atoms with van der Waals surface area (Å²) in [4.78, 5) is 22.8. The third-order valence-corrected chi connectivity index (χ3v) is 4.34. The van der Waals surface area contributed by atoms with E-state index in [9.17, 15) is 4.79 Å². The highest BCUT2D eigenvalue weighted by molar-refractivity contribution is 8.18. The zero-order valence-electron chi connectivity index (χ0n) is 12.8. The Morgan fingerprint density at radius 2 is 2.14 bits per heavy atom. The van der Waals surface area contributed by atoms with Gasteiger partial charge >= 0.3 is 0 Å². The standard InChI is InChI=1S/C16H23N3OS/c1-3-5-9-18-16-19(11-6-4-2)15(20)14(21-16)12-13-8-7-10-17-13/h7-8,10,12,17H,3-6,9,11H2,1-2H3/b14-12+,18-16?. The molecule has 2 heterocycles. The molecule has 0 bridgehead atoms. The van der Waals surface area contributed by atoms with Gasteiger partial charge in [0.05, 0.1) is 4.91 Å². The molecule has 1 aromatic rings. The normalized spacial score (nSPS) is 19.1. The SMILES string of the molecule is CCCCN=C1S/C(=C/c2ccc[nH]2)C(=O)N1CCCC. The van der Waals surface area contributed by atoms with Crippen molar-refractivity contribution in [3.63, 3.8) is 0 Å². The molecular weight excluding hydrogens is 282 g/mol. The molecule has 5 heteroatoms. The average Bonchev–Trinajstić information content (AvgIpc) is 3.08. The van der Waals surface area contributed by atoms with E-state index in [1.54, 1.807) is 0 Å². The summed E-state index contributed by atoms with van der Waals surface area (Å²) in [5, 5.41) is 0.861. The lowest BCUT2D eigenvalue weighted by Crippen LogP contribution is -2.30. The lowest BCUT2D eigenvalue weighted by Gasteiger charge is -2.14. The molecule has 1 amide bonds. The topological polar surface area (TPSA) is 48.5 Å². The van der Waals surface area contributed by atoms with E-state index >= 15 is 0 Å². The molecule has 1 aliphatic heterocycles. The number of hydrogen-bond donors (Lipinski definition) is 1. The number of aromatic nitrogens is 1. The predicted molar refractivity (Wildman–Crippen MR) is 90.2 cm³/mol. The number of carbonyl (C=O) groups excluding carboxylic acids is 1. The van der Waals surface area contributed by atoms with Crippen molar-refractivity contribution < 1.29 is 4.79 Å². The van der Waals surface area contributed by atoms with Gasteiger partial charge in [0.2, 0.25) is 0 Å². The molecule has 2 rings (SSSR count). The van der Waals surface area contributed by atoms with Crippen LogP contribution in [0, 0.1) is 0 Å². The van der Waals surface area contributed by atoms with Gasteiger partial charge in [0.25, 0.3) is 5.91 Å². The fourth-order valence-electron chi connectivity index (χ4n) is 2.05. The molecule has 1 aromatic heterocycles. The molecule has 21 heavy (non-hydrogen) atoms. The van der Waals surface area contributed by atoms with Crippen molar-refractivity contribution in [3.8, 4) is 0 Å². The molecule has 0 radical (unpaired) electrons. The minimum atomic E-state index is 0.0818. The molecule has 1 aliphatic rings. The first kappa shape index (κ1) is 15.9. The number of carbonyl (C=O) groups is 1. The van der Waals surface area contributed by atoms with E-state index in [0.717, 1.165) is 54.5 Å².